The zero-order chi connectivity index (χ0) is 13.8. The van der Waals surface area contributed by atoms with Crippen LogP contribution in [0.1, 0.15) is 31.6 Å². The number of aromatic nitrogens is 2. The van der Waals surface area contributed by atoms with Gasteiger partial charge in [-0.25, -0.2) is 0 Å². The lowest BCUT2D eigenvalue weighted by atomic mass is 10.1. The fourth-order valence-corrected chi connectivity index (χ4v) is 1.97. The van der Waals surface area contributed by atoms with E-state index in [1.807, 2.05) is 13.0 Å². The molecule has 1 heterocycles. The summed E-state index contributed by atoms with van der Waals surface area (Å²) in [6.45, 7) is 2.00. The van der Waals surface area contributed by atoms with E-state index in [1.165, 1.54) is 0 Å². The maximum atomic E-state index is 12.1. The molecule has 0 aliphatic rings. The van der Waals surface area contributed by atoms with Gasteiger partial charge in [0.2, 0.25) is 5.88 Å². The highest BCUT2D eigenvalue weighted by Gasteiger charge is 2.15. The van der Waals surface area contributed by atoms with Crippen LogP contribution < -0.4 is 11.3 Å². The number of rotatable bonds is 4. The van der Waals surface area contributed by atoms with Gasteiger partial charge < -0.3 is 15.8 Å². The van der Waals surface area contributed by atoms with Crippen molar-refractivity contribution in [1.82, 2.24) is 9.97 Å². The zero-order valence-electron chi connectivity index (χ0n) is 10.8. The highest BCUT2D eigenvalue weighted by Crippen LogP contribution is 2.24. The third-order valence-corrected chi connectivity index (χ3v) is 2.93. The second-order valence-corrected chi connectivity index (χ2v) is 4.41. The SMILES string of the molecule is CCCC(N)c1nc(O)c(-c2ccccc2)c(=O)[nH]1. The van der Waals surface area contributed by atoms with Crippen LogP contribution in [0, 0.1) is 0 Å². The summed E-state index contributed by atoms with van der Waals surface area (Å²) in [5, 5.41) is 9.96. The van der Waals surface area contributed by atoms with Gasteiger partial charge in [0.05, 0.1) is 6.04 Å². The van der Waals surface area contributed by atoms with Crippen LogP contribution in [-0.4, -0.2) is 15.1 Å². The molecule has 4 N–H and O–H groups in total. The average molecular weight is 259 g/mol. The molecule has 1 aromatic heterocycles. The Kier molecular flexibility index (Phi) is 3.97. The van der Waals surface area contributed by atoms with Gasteiger partial charge in [-0.05, 0) is 12.0 Å². The van der Waals surface area contributed by atoms with E-state index in [1.54, 1.807) is 24.3 Å². The van der Waals surface area contributed by atoms with E-state index in [-0.39, 0.29) is 23.0 Å². The number of hydrogen-bond donors (Lipinski definition) is 3. The lowest BCUT2D eigenvalue weighted by Gasteiger charge is -2.11. The molecule has 1 atom stereocenters. The number of nitrogens with zero attached hydrogens (tertiary/aromatic N) is 1. The molecule has 1 unspecified atom stereocenters. The average Bonchev–Trinajstić information content (AvgIpc) is 2.39. The summed E-state index contributed by atoms with van der Waals surface area (Å²) in [5.41, 5.74) is 6.32. The van der Waals surface area contributed by atoms with Crippen LogP contribution in [0.25, 0.3) is 11.1 Å². The summed E-state index contributed by atoms with van der Waals surface area (Å²) in [4.78, 5) is 18.7. The largest absolute Gasteiger partial charge is 0.493 e. The third-order valence-electron chi connectivity index (χ3n) is 2.93. The highest BCUT2D eigenvalue weighted by atomic mass is 16.3. The minimum atomic E-state index is -0.375. The maximum Gasteiger partial charge on any atom is 0.262 e. The van der Waals surface area contributed by atoms with Gasteiger partial charge in [0, 0.05) is 0 Å². The summed E-state index contributed by atoms with van der Waals surface area (Å²) < 4.78 is 0. The molecule has 0 radical (unpaired) electrons. The first-order valence-corrected chi connectivity index (χ1v) is 6.27. The Morgan fingerprint density at radius 3 is 2.63 bits per heavy atom. The number of benzene rings is 1. The minimum Gasteiger partial charge on any atom is -0.493 e. The van der Waals surface area contributed by atoms with Gasteiger partial charge in [-0.1, -0.05) is 43.7 Å². The van der Waals surface area contributed by atoms with Crippen molar-refractivity contribution >= 4 is 0 Å². The summed E-state index contributed by atoms with van der Waals surface area (Å²) in [5.74, 6) is 0.0422. The normalized spacial score (nSPS) is 12.3. The fraction of sp³-hybridized carbons (Fsp3) is 0.286. The van der Waals surface area contributed by atoms with Crippen molar-refractivity contribution in [3.8, 4) is 17.0 Å². The van der Waals surface area contributed by atoms with Crippen LogP contribution in [0.2, 0.25) is 0 Å². The summed E-state index contributed by atoms with van der Waals surface area (Å²) in [7, 11) is 0. The van der Waals surface area contributed by atoms with E-state index in [0.29, 0.717) is 17.8 Å². The summed E-state index contributed by atoms with van der Waals surface area (Å²) in [6, 6.07) is 8.56. The summed E-state index contributed by atoms with van der Waals surface area (Å²) >= 11 is 0. The maximum absolute atomic E-state index is 12.1. The van der Waals surface area contributed by atoms with E-state index in [0.717, 1.165) is 6.42 Å². The molecule has 0 saturated carbocycles. The number of aromatic hydroxyl groups is 1. The summed E-state index contributed by atoms with van der Waals surface area (Å²) in [6.07, 6.45) is 1.58. The van der Waals surface area contributed by atoms with E-state index in [9.17, 15) is 9.90 Å². The van der Waals surface area contributed by atoms with Gasteiger partial charge in [-0.3, -0.25) is 4.79 Å². The molecular formula is C14H17N3O2. The Bertz CT molecular complexity index is 608. The molecule has 0 bridgehead atoms. The zero-order valence-corrected chi connectivity index (χ0v) is 10.8. The van der Waals surface area contributed by atoms with Crippen molar-refractivity contribution < 1.29 is 5.11 Å². The topological polar surface area (TPSA) is 92.0 Å². The molecular weight excluding hydrogens is 242 g/mol. The van der Waals surface area contributed by atoms with E-state index in [4.69, 9.17) is 5.73 Å². The van der Waals surface area contributed by atoms with E-state index < -0.39 is 0 Å². The van der Waals surface area contributed by atoms with Crippen molar-refractivity contribution in [2.75, 3.05) is 0 Å². The monoisotopic (exact) mass is 259 g/mol. The van der Waals surface area contributed by atoms with Gasteiger partial charge in [0.25, 0.3) is 5.56 Å². The number of H-pyrrole nitrogens is 1. The fourth-order valence-electron chi connectivity index (χ4n) is 1.97. The second-order valence-electron chi connectivity index (χ2n) is 4.41. The lowest BCUT2D eigenvalue weighted by molar-refractivity contribution is 0.444. The lowest BCUT2D eigenvalue weighted by Crippen LogP contribution is -2.20. The van der Waals surface area contributed by atoms with Crippen LogP contribution in [0.4, 0.5) is 0 Å². The van der Waals surface area contributed by atoms with Gasteiger partial charge >= 0.3 is 0 Å². The van der Waals surface area contributed by atoms with Crippen LogP contribution in [0.15, 0.2) is 35.1 Å². The van der Waals surface area contributed by atoms with Crippen molar-refractivity contribution in [2.24, 2.45) is 5.73 Å². The first-order chi connectivity index (χ1) is 9.13. The molecule has 0 saturated heterocycles. The van der Waals surface area contributed by atoms with Gasteiger partial charge in [0.15, 0.2) is 0 Å². The molecule has 0 spiro atoms. The molecule has 100 valence electrons. The second kappa shape index (κ2) is 5.67. The Labute approximate surface area is 111 Å². The molecule has 2 aromatic rings. The third kappa shape index (κ3) is 2.82. The Morgan fingerprint density at radius 2 is 2.05 bits per heavy atom. The Morgan fingerprint density at radius 1 is 1.37 bits per heavy atom. The first-order valence-electron chi connectivity index (χ1n) is 6.27. The first kappa shape index (κ1) is 13.3. The standard InChI is InChI=1S/C14H17N3O2/c1-2-6-10(15)12-16-13(18)11(14(19)17-12)9-7-4-3-5-8-9/h3-5,7-8,10H,2,6,15H2,1H3,(H2,16,17,18,19). The predicted molar refractivity (Wildman–Crippen MR) is 73.8 cm³/mol. The van der Waals surface area contributed by atoms with Crippen molar-refractivity contribution in [1.29, 1.82) is 0 Å². The molecule has 1 aromatic carbocycles. The molecule has 0 amide bonds. The number of nitrogens with two attached hydrogens (primary N) is 1. The number of hydrogen-bond acceptors (Lipinski definition) is 4. The molecule has 0 fully saturated rings. The molecule has 2 rings (SSSR count). The predicted octanol–water partition coefficient (Wildman–Crippen LogP) is 1.94. The molecule has 5 nitrogen and oxygen atoms in total. The van der Waals surface area contributed by atoms with Gasteiger partial charge in [0.1, 0.15) is 11.4 Å². The Hall–Kier alpha value is -2.14. The van der Waals surface area contributed by atoms with E-state index >= 15 is 0 Å². The van der Waals surface area contributed by atoms with E-state index in [2.05, 4.69) is 9.97 Å². The molecule has 0 aliphatic heterocycles. The minimum absolute atomic E-state index is 0.174. The van der Waals surface area contributed by atoms with Crippen molar-refractivity contribution in [2.45, 2.75) is 25.8 Å². The molecule has 5 heteroatoms. The van der Waals surface area contributed by atoms with Crippen LogP contribution in [0.3, 0.4) is 0 Å². The molecule has 0 aliphatic carbocycles. The smallest absolute Gasteiger partial charge is 0.262 e. The van der Waals surface area contributed by atoms with Crippen LogP contribution in [0.5, 0.6) is 5.88 Å². The number of aromatic amines is 1. The van der Waals surface area contributed by atoms with Crippen LogP contribution >= 0.6 is 0 Å². The number of nitrogens with one attached hydrogen (secondary N) is 1. The van der Waals surface area contributed by atoms with Gasteiger partial charge in [-0.2, -0.15) is 4.98 Å². The van der Waals surface area contributed by atoms with Crippen LogP contribution in [-0.2, 0) is 0 Å². The van der Waals surface area contributed by atoms with Crippen molar-refractivity contribution in [3.63, 3.8) is 0 Å². The quantitative estimate of drug-likeness (QED) is 0.782. The highest BCUT2D eigenvalue weighted by molar-refractivity contribution is 5.66. The Balaban J connectivity index is 2.47. The molecule has 19 heavy (non-hydrogen) atoms. The van der Waals surface area contributed by atoms with Gasteiger partial charge in [-0.15, -0.1) is 0 Å². The van der Waals surface area contributed by atoms with Crippen molar-refractivity contribution in [3.05, 3.63) is 46.5 Å².